The molecule has 0 spiro atoms. The first-order valence-corrected chi connectivity index (χ1v) is 7.45. The van der Waals surface area contributed by atoms with Crippen LogP contribution in [0.25, 0.3) is 6.08 Å². The minimum atomic E-state index is -0.184. The Hall–Kier alpha value is -2.69. The molecule has 2 aromatic rings. The SMILES string of the molecule is C/C=C/c1ccc(OCC(=O)NCCc2ccco2)c(OC)c1. The number of ether oxygens (including phenoxy) is 2. The summed E-state index contributed by atoms with van der Waals surface area (Å²) < 4.78 is 16.0. The van der Waals surface area contributed by atoms with Gasteiger partial charge in [-0.25, -0.2) is 0 Å². The third kappa shape index (κ3) is 5.21. The fraction of sp³-hybridized carbons (Fsp3) is 0.278. The van der Waals surface area contributed by atoms with Gasteiger partial charge in [-0.3, -0.25) is 4.79 Å². The molecule has 0 fully saturated rings. The molecule has 0 aliphatic carbocycles. The fourth-order valence-electron chi connectivity index (χ4n) is 2.07. The van der Waals surface area contributed by atoms with E-state index < -0.39 is 0 Å². The second-order valence-corrected chi connectivity index (χ2v) is 4.88. The molecular weight excluding hydrogens is 294 g/mol. The van der Waals surface area contributed by atoms with Gasteiger partial charge in [0, 0.05) is 13.0 Å². The van der Waals surface area contributed by atoms with Crippen molar-refractivity contribution in [3.05, 3.63) is 54.0 Å². The average molecular weight is 315 g/mol. The lowest BCUT2D eigenvalue weighted by atomic mass is 10.2. The van der Waals surface area contributed by atoms with E-state index in [1.165, 1.54) is 0 Å². The molecule has 5 nitrogen and oxygen atoms in total. The Bertz CT molecular complexity index is 647. The molecule has 0 aliphatic heterocycles. The zero-order valence-corrected chi connectivity index (χ0v) is 13.4. The van der Waals surface area contributed by atoms with Crippen LogP contribution in [0.3, 0.4) is 0 Å². The number of methoxy groups -OCH3 is 1. The standard InChI is InChI=1S/C18H21NO4/c1-3-5-14-7-8-16(17(12-14)21-2)23-13-18(20)19-10-9-15-6-4-11-22-15/h3-8,11-12H,9-10,13H2,1-2H3,(H,19,20)/b5-3+. The van der Waals surface area contributed by atoms with Crippen LogP contribution < -0.4 is 14.8 Å². The van der Waals surface area contributed by atoms with Crippen molar-refractivity contribution in [2.75, 3.05) is 20.3 Å². The van der Waals surface area contributed by atoms with Gasteiger partial charge in [0.15, 0.2) is 18.1 Å². The Labute approximate surface area is 135 Å². The first-order chi connectivity index (χ1) is 11.2. The van der Waals surface area contributed by atoms with E-state index in [1.54, 1.807) is 19.4 Å². The van der Waals surface area contributed by atoms with Crippen molar-refractivity contribution in [2.45, 2.75) is 13.3 Å². The molecule has 1 aromatic carbocycles. The van der Waals surface area contributed by atoms with Crippen LogP contribution in [0.2, 0.25) is 0 Å². The number of furan rings is 1. The lowest BCUT2D eigenvalue weighted by molar-refractivity contribution is -0.123. The Morgan fingerprint density at radius 2 is 2.17 bits per heavy atom. The third-order valence-electron chi connectivity index (χ3n) is 3.18. The smallest absolute Gasteiger partial charge is 0.257 e. The first kappa shape index (κ1) is 16.7. The van der Waals surface area contributed by atoms with Crippen LogP contribution in [0, 0.1) is 0 Å². The lowest BCUT2D eigenvalue weighted by Gasteiger charge is -2.11. The van der Waals surface area contributed by atoms with Crippen LogP contribution in [-0.2, 0) is 11.2 Å². The summed E-state index contributed by atoms with van der Waals surface area (Å²) >= 11 is 0. The van der Waals surface area contributed by atoms with E-state index >= 15 is 0 Å². The molecule has 1 amide bonds. The quantitative estimate of drug-likeness (QED) is 0.813. The van der Waals surface area contributed by atoms with Gasteiger partial charge in [-0.1, -0.05) is 18.2 Å². The number of hydrogen-bond acceptors (Lipinski definition) is 4. The highest BCUT2D eigenvalue weighted by molar-refractivity contribution is 5.77. The Morgan fingerprint density at radius 1 is 1.30 bits per heavy atom. The summed E-state index contributed by atoms with van der Waals surface area (Å²) in [6.45, 7) is 2.40. The summed E-state index contributed by atoms with van der Waals surface area (Å²) in [6.07, 6.45) is 6.18. The van der Waals surface area contributed by atoms with E-state index in [2.05, 4.69) is 5.32 Å². The van der Waals surface area contributed by atoms with Crippen LogP contribution in [-0.4, -0.2) is 26.2 Å². The largest absolute Gasteiger partial charge is 0.493 e. The van der Waals surface area contributed by atoms with Crippen molar-refractivity contribution in [3.8, 4) is 11.5 Å². The minimum Gasteiger partial charge on any atom is -0.493 e. The average Bonchev–Trinajstić information content (AvgIpc) is 3.07. The first-order valence-electron chi connectivity index (χ1n) is 7.45. The highest BCUT2D eigenvalue weighted by Crippen LogP contribution is 2.28. The van der Waals surface area contributed by atoms with Gasteiger partial charge < -0.3 is 19.2 Å². The topological polar surface area (TPSA) is 60.7 Å². The van der Waals surface area contributed by atoms with Crippen LogP contribution in [0.15, 0.2) is 47.1 Å². The number of hydrogen-bond donors (Lipinski definition) is 1. The van der Waals surface area contributed by atoms with E-state index in [9.17, 15) is 4.79 Å². The molecule has 0 bridgehead atoms. The number of benzene rings is 1. The van der Waals surface area contributed by atoms with E-state index in [0.717, 1.165) is 11.3 Å². The molecule has 1 N–H and O–H groups in total. The second kappa shape index (κ2) is 8.68. The highest BCUT2D eigenvalue weighted by Gasteiger charge is 2.08. The van der Waals surface area contributed by atoms with Crippen molar-refractivity contribution in [2.24, 2.45) is 0 Å². The Kier molecular flexibility index (Phi) is 6.29. The molecular formula is C18H21NO4. The predicted octanol–water partition coefficient (Wildman–Crippen LogP) is 3.06. The normalized spacial score (nSPS) is 10.7. The molecule has 0 atom stereocenters. The maximum Gasteiger partial charge on any atom is 0.257 e. The molecule has 122 valence electrons. The summed E-state index contributed by atoms with van der Waals surface area (Å²) in [5, 5.41) is 2.78. The highest BCUT2D eigenvalue weighted by atomic mass is 16.5. The number of nitrogens with one attached hydrogen (secondary N) is 1. The Balaban J connectivity index is 1.81. The maximum atomic E-state index is 11.8. The number of amides is 1. The van der Waals surface area contributed by atoms with E-state index in [4.69, 9.17) is 13.9 Å². The predicted molar refractivity (Wildman–Crippen MR) is 88.6 cm³/mol. The molecule has 23 heavy (non-hydrogen) atoms. The van der Waals surface area contributed by atoms with Gasteiger partial charge >= 0.3 is 0 Å². The van der Waals surface area contributed by atoms with Crippen LogP contribution >= 0.6 is 0 Å². The molecule has 5 heteroatoms. The lowest BCUT2D eigenvalue weighted by Crippen LogP contribution is -2.30. The molecule has 0 saturated heterocycles. The molecule has 0 unspecified atom stereocenters. The molecule has 0 saturated carbocycles. The summed E-state index contributed by atoms with van der Waals surface area (Å²) in [4.78, 5) is 11.8. The van der Waals surface area contributed by atoms with Gasteiger partial charge in [-0.15, -0.1) is 0 Å². The molecule has 1 heterocycles. The van der Waals surface area contributed by atoms with Crippen molar-refractivity contribution in [1.29, 1.82) is 0 Å². The summed E-state index contributed by atoms with van der Waals surface area (Å²) in [6, 6.07) is 9.27. The van der Waals surface area contributed by atoms with Gasteiger partial charge in [0.2, 0.25) is 0 Å². The van der Waals surface area contributed by atoms with Crippen molar-refractivity contribution >= 4 is 12.0 Å². The summed E-state index contributed by atoms with van der Waals surface area (Å²) in [5.74, 6) is 1.80. The van der Waals surface area contributed by atoms with Gasteiger partial charge in [-0.2, -0.15) is 0 Å². The van der Waals surface area contributed by atoms with E-state index in [-0.39, 0.29) is 12.5 Å². The fourth-order valence-corrected chi connectivity index (χ4v) is 2.07. The van der Waals surface area contributed by atoms with E-state index in [1.807, 2.05) is 43.3 Å². The minimum absolute atomic E-state index is 0.0581. The van der Waals surface area contributed by atoms with Crippen LogP contribution in [0.4, 0.5) is 0 Å². The number of carbonyl (C=O) groups excluding carboxylic acids is 1. The van der Waals surface area contributed by atoms with Gasteiger partial charge in [0.05, 0.1) is 13.4 Å². The van der Waals surface area contributed by atoms with E-state index in [0.29, 0.717) is 24.5 Å². The van der Waals surface area contributed by atoms with Gasteiger partial charge in [0.25, 0.3) is 5.91 Å². The number of rotatable bonds is 8. The van der Waals surface area contributed by atoms with Crippen LogP contribution in [0.1, 0.15) is 18.2 Å². The second-order valence-electron chi connectivity index (χ2n) is 4.88. The Morgan fingerprint density at radius 3 is 2.87 bits per heavy atom. The van der Waals surface area contributed by atoms with Crippen molar-refractivity contribution < 1.29 is 18.7 Å². The molecule has 2 rings (SSSR count). The molecule has 1 aromatic heterocycles. The monoisotopic (exact) mass is 315 g/mol. The maximum absolute atomic E-state index is 11.8. The van der Waals surface area contributed by atoms with Crippen molar-refractivity contribution in [1.82, 2.24) is 5.32 Å². The zero-order valence-electron chi connectivity index (χ0n) is 13.4. The molecule has 0 aliphatic rings. The summed E-state index contributed by atoms with van der Waals surface area (Å²) in [5.41, 5.74) is 1.01. The molecule has 0 radical (unpaired) electrons. The van der Waals surface area contributed by atoms with Crippen LogP contribution in [0.5, 0.6) is 11.5 Å². The number of carbonyl (C=O) groups is 1. The van der Waals surface area contributed by atoms with Crippen molar-refractivity contribution in [3.63, 3.8) is 0 Å². The number of allylic oxidation sites excluding steroid dienone is 1. The summed E-state index contributed by atoms with van der Waals surface area (Å²) in [7, 11) is 1.57. The van der Waals surface area contributed by atoms with Gasteiger partial charge in [0.1, 0.15) is 5.76 Å². The third-order valence-corrected chi connectivity index (χ3v) is 3.18. The zero-order chi connectivity index (χ0) is 16.5. The van der Waals surface area contributed by atoms with Gasteiger partial charge in [-0.05, 0) is 36.8 Å².